The first-order valence-corrected chi connectivity index (χ1v) is 26.8. The van der Waals surface area contributed by atoms with Crippen LogP contribution in [0.2, 0.25) is 0 Å². The molecule has 90 heavy (non-hydrogen) atoms. The second kappa shape index (κ2) is 28.5. The molecule has 6 aromatic heterocycles. The second-order valence-electron chi connectivity index (χ2n) is 19.4. The highest BCUT2D eigenvalue weighted by atomic mass is 16.3. The SMILES string of the molecule is Cc1ccccc1-c1ccc2[nH]c(=O)c(O)cc2c1.O=C=O.O=C=O.O=c1[nH]c2ccc(-c3ccccc3)cc2cc1O.O=c1[nH]c2ccc(-c3ccccc3-c3nn[nH]n3)cc2cc1O.O=c1[nH]c2ccc(-c3ccccc3Cc3nn[nH]n3)cc2cc1O. The summed E-state index contributed by atoms with van der Waals surface area (Å²) >= 11 is 0. The van der Waals surface area contributed by atoms with Crippen LogP contribution in [0.4, 0.5) is 0 Å². The molecule has 0 aliphatic rings. The lowest BCUT2D eigenvalue weighted by Gasteiger charge is -2.09. The van der Waals surface area contributed by atoms with Crippen molar-refractivity contribution in [3.63, 3.8) is 0 Å². The number of H-pyrrole nitrogens is 6. The number of benzene rings is 8. The number of aryl methyl sites for hydroxylation is 1. The van der Waals surface area contributed by atoms with Gasteiger partial charge < -0.3 is 40.4 Å². The van der Waals surface area contributed by atoms with Gasteiger partial charge in [0, 0.05) is 55.6 Å². The number of nitrogens with zero attached hydrogens (tertiary/aromatic N) is 6. The van der Waals surface area contributed by atoms with Gasteiger partial charge in [-0.25, -0.2) is 0 Å². The highest BCUT2D eigenvalue weighted by molar-refractivity contribution is 5.90. The van der Waals surface area contributed by atoms with E-state index in [1.807, 2.05) is 158 Å². The van der Waals surface area contributed by atoms with Gasteiger partial charge in [-0.15, -0.1) is 20.4 Å². The van der Waals surface area contributed by atoms with Gasteiger partial charge in [0.15, 0.2) is 28.8 Å². The zero-order valence-corrected chi connectivity index (χ0v) is 47.0. The maximum atomic E-state index is 11.5. The van der Waals surface area contributed by atoms with E-state index in [2.05, 4.69) is 80.2 Å². The minimum Gasteiger partial charge on any atom is -0.503 e. The van der Waals surface area contributed by atoms with Crippen molar-refractivity contribution < 1.29 is 39.6 Å². The summed E-state index contributed by atoms with van der Waals surface area (Å²) in [6.45, 7) is 2.06. The van der Waals surface area contributed by atoms with E-state index in [4.69, 9.17) is 19.2 Å². The fourth-order valence-corrected chi connectivity index (χ4v) is 9.58. The fourth-order valence-electron chi connectivity index (χ4n) is 9.58. The van der Waals surface area contributed by atoms with Crippen molar-refractivity contribution in [3.05, 3.63) is 259 Å². The third-order valence-electron chi connectivity index (χ3n) is 13.8. The normalized spacial score (nSPS) is 10.3. The van der Waals surface area contributed by atoms with Crippen molar-refractivity contribution in [1.82, 2.24) is 61.2 Å². The first-order chi connectivity index (χ1) is 43.6. The number of tetrazole rings is 2. The summed E-state index contributed by atoms with van der Waals surface area (Å²) in [5, 5.41) is 69.4. The Morgan fingerprint density at radius 3 is 1.18 bits per heavy atom. The molecule has 0 saturated carbocycles. The van der Waals surface area contributed by atoms with Crippen molar-refractivity contribution >= 4 is 55.9 Å². The van der Waals surface area contributed by atoms with Crippen molar-refractivity contribution in [2.75, 3.05) is 0 Å². The first kappa shape index (κ1) is 61.3. The van der Waals surface area contributed by atoms with E-state index in [0.29, 0.717) is 29.1 Å². The van der Waals surface area contributed by atoms with Gasteiger partial charge in [0.1, 0.15) is 0 Å². The Balaban J connectivity index is 0.000000139. The maximum Gasteiger partial charge on any atom is 0.373 e. The quantitative estimate of drug-likeness (QED) is 0.0711. The van der Waals surface area contributed by atoms with Gasteiger partial charge in [-0.05, 0) is 141 Å². The third kappa shape index (κ3) is 14.8. The molecule has 6 heterocycles. The van der Waals surface area contributed by atoms with Crippen LogP contribution >= 0.6 is 0 Å². The zero-order valence-electron chi connectivity index (χ0n) is 47.0. The van der Waals surface area contributed by atoms with E-state index in [1.165, 1.54) is 29.8 Å². The molecule has 0 atom stereocenters. The molecule has 24 nitrogen and oxygen atoms in total. The molecule has 0 bridgehead atoms. The number of fused-ring (bicyclic) bond motifs is 4. The van der Waals surface area contributed by atoms with Crippen LogP contribution in [0.5, 0.6) is 23.0 Å². The zero-order chi connectivity index (χ0) is 63.7. The van der Waals surface area contributed by atoms with Crippen LogP contribution in [0.25, 0.3) is 99.5 Å². The molecule has 0 fully saturated rings. The molecule has 0 amide bonds. The molecule has 8 aromatic carbocycles. The fraction of sp³-hybridized carbons (Fsp3) is 0.0303. The molecule has 14 rings (SSSR count). The number of nitrogens with one attached hydrogen (secondary N) is 6. The van der Waals surface area contributed by atoms with Gasteiger partial charge in [-0.3, -0.25) is 19.2 Å². The van der Waals surface area contributed by atoms with Gasteiger partial charge in [0.2, 0.25) is 5.82 Å². The van der Waals surface area contributed by atoms with Crippen LogP contribution < -0.4 is 22.2 Å². The smallest absolute Gasteiger partial charge is 0.373 e. The predicted octanol–water partition coefficient (Wildman–Crippen LogP) is 9.03. The number of hydrogen-bond donors (Lipinski definition) is 10. The Hall–Kier alpha value is -13.3. The largest absolute Gasteiger partial charge is 0.503 e. The van der Waals surface area contributed by atoms with Crippen molar-refractivity contribution in [2.24, 2.45) is 0 Å². The lowest BCUT2D eigenvalue weighted by molar-refractivity contribution is -0.193. The van der Waals surface area contributed by atoms with Crippen LogP contribution in [0.1, 0.15) is 17.0 Å². The highest BCUT2D eigenvalue weighted by Crippen LogP contribution is 2.33. The Morgan fingerprint density at radius 1 is 0.367 bits per heavy atom. The summed E-state index contributed by atoms with van der Waals surface area (Å²) in [6.07, 6.45) is 1.06. The molecular formula is C66H48N12O12. The van der Waals surface area contributed by atoms with Crippen molar-refractivity contribution in [1.29, 1.82) is 0 Å². The van der Waals surface area contributed by atoms with Crippen LogP contribution in [-0.4, -0.2) is 93.9 Å². The van der Waals surface area contributed by atoms with Crippen LogP contribution in [0, 0.1) is 6.92 Å². The van der Waals surface area contributed by atoms with Crippen molar-refractivity contribution in [2.45, 2.75) is 13.3 Å². The Bertz CT molecular complexity index is 5160. The summed E-state index contributed by atoms with van der Waals surface area (Å²) in [6, 6.07) is 62.5. The van der Waals surface area contributed by atoms with Gasteiger partial charge in [0.25, 0.3) is 22.2 Å². The molecular weight excluding hydrogens is 1150 g/mol. The van der Waals surface area contributed by atoms with Gasteiger partial charge in [0.05, 0.1) is 0 Å². The van der Waals surface area contributed by atoms with Crippen LogP contribution in [0.3, 0.4) is 0 Å². The summed E-state index contributed by atoms with van der Waals surface area (Å²) in [5.41, 5.74) is 12.2. The molecule has 0 spiro atoms. The highest BCUT2D eigenvalue weighted by Gasteiger charge is 2.14. The number of aromatic nitrogens is 12. The lowest BCUT2D eigenvalue weighted by atomic mass is 9.96. The summed E-state index contributed by atoms with van der Waals surface area (Å²) in [7, 11) is 0. The maximum absolute atomic E-state index is 11.5. The standard InChI is InChI=1S/C17H13N5O2.C16H11N5O2.C16H13NO2.C15H11NO2.2CO2/c23-15-8-12-7-11(5-6-14(12)18-17(15)24)13-4-2-1-3-10(13)9-16-19-21-22-20-16;22-14-8-10-7-9(5-6-13(10)17-16(14)23)11-3-1-2-4-12(11)15-18-20-21-19-15;1-10-4-2-3-5-13(10)11-6-7-14-12(8-11)9-15(18)16(19)17-14;17-14-9-12-8-11(10-4-2-1-3-5-10)6-7-13(12)16-15(14)18;2*2-1-3/h1-8,23H,9H2,(H,18,24)(H,19,20,21,22);1-8,22H,(H,17,23)(H,18,19,20,21);2-9,18H,1H3,(H,17,19);1-9,17H,(H,16,18);;. The molecule has 0 aliphatic carbocycles. The molecule has 0 saturated heterocycles. The Kier molecular flexibility index (Phi) is 19.4. The molecule has 0 unspecified atom stereocenters. The van der Waals surface area contributed by atoms with Gasteiger partial charge >= 0.3 is 12.3 Å². The van der Waals surface area contributed by atoms with Gasteiger partial charge in [-0.2, -0.15) is 29.6 Å². The number of pyridine rings is 4. The minimum atomic E-state index is -0.502. The Labute approximate surface area is 505 Å². The molecule has 14 aromatic rings. The second-order valence-corrected chi connectivity index (χ2v) is 19.4. The molecule has 10 N–H and O–H groups in total. The van der Waals surface area contributed by atoms with E-state index < -0.39 is 22.2 Å². The molecule has 0 radical (unpaired) electrons. The van der Waals surface area contributed by atoms with Gasteiger partial charge in [-0.1, -0.05) is 133 Å². The Morgan fingerprint density at radius 2 is 0.733 bits per heavy atom. The van der Waals surface area contributed by atoms with Crippen LogP contribution in [0.15, 0.2) is 219 Å². The average molecular weight is 1200 g/mol. The third-order valence-corrected chi connectivity index (χ3v) is 13.8. The number of carbonyl (C=O) groups excluding carboxylic acids is 4. The van der Waals surface area contributed by atoms with E-state index in [9.17, 15) is 39.6 Å². The molecule has 0 aliphatic heterocycles. The average Bonchev–Trinajstić information content (AvgIpc) is 1.47. The molecule has 444 valence electrons. The van der Waals surface area contributed by atoms with Crippen LogP contribution in [-0.2, 0) is 25.6 Å². The number of aromatic amines is 6. The summed E-state index contributed by atoms with van der Waals surface area (Å²) < 4.78 is 0. The number of hydrogen-bond acceptors (Lipinski definition) is 18. The lowest BCUT2D eigenvalue weighted by Crippen LogP contribution is -2.04. The van der Waals surface area contributed by atoms with E-state index in [1.54, 1.807) is 6.07 Å². The van der Waals surface area contributed by atoms with E-state index in [-0.39, 0.29) is 35.3 Å². The monoisotopic (exact) mass is 1200 g/mol. The first-order valence-electron chi connectivity index (χ1n) is 26.8. The summed E-state index contributed by atoms with van der Waals surface area (Å²) in [4.78, 5) is 88.6. The van der Waals surface area contributed by atoms with E-state index >= 15 is 0 Å². The molecule has 24 heteroatoms. The van der Waals surface area contributed by atoms with E-state index in [0.717, 1.165) is 88.2 Å². The predicted molar refractivity (Wildman–Crippen MR) is 332 cm³/mol. The topological polar surface area (TPSA) is 390 Å². The number of aromatic hydroxyl groups is 4. The number of rotatable bonds is 7. The van der Waals surface area contributed by atoms with Crippen molar-refractivity contribution in [3.8, 4) is 78.9 Å². The summed E-state index contributed by atoms with van der Waals surface area (Å²) in [5.74, 6) is 0.0122. The minimum absolute atomic E-state index is 0.250.